The van der Waals surface area contributed by atoms with E-state index in [0.29, 0.717) is 6.42 Å². The molecule has 0 aliphatic carbocycles. The molecule has 0 aromatic rings. The number of ether oxygens (including phenoxy) is 2. The fourth-order valence-electron chi connectivity index (χ4n) is 2.82. The van der Waals surface area contributed by atoms with Crippen LogP contribution in [0.5, 0.6) is 0 Å². The van der Waals surface area contributed by atoms with E-state index in [9.17, 15) is 0 Å². The Hall–Kier alpha value is -0.160. The predicted molar refractivity (Wildman–Crippen MR) is 51.8 cm³/mol. The molecule has 4 nitrogen and oxygen atoms in total. The highest BCUT2D eigenvalue weighted by molar-refractivity contribution is 4.91. The number of hydrogen-bond donors (Lipinski definition) is 0. The molecule has 3 aliphatic heterocycles. The van der Waals surface area contributed by atoms with Crippen LogP contribution in [0.4, 0.5) is 0 Å². The second-order valence-corrected chi connectivity index (χ2v) is 5.10. The molecule has 0 radical (unpaired) electrons. The van der Waals surface area contributed by atoms with Crippen LogP contribution >= 0.6 is 0 Å². The van der Waals surface area contributed by atoms with Crippen LogP contribution in [0, 0.1) is 0 Å². The van der Waals surface area contributed by atoms with Crippen molar-refractivity contribution in [1.29, 1.82) is 0 Å². The number of hydrogen-bond acceptors (Lipinski definition) is 4. The zero-order chi connectivity index (χ0) is 10.5. The molecule has 0 amide bonds. The highest BCUT2D eigenvalue weighted by Gasteiger charge is 2.58. The first kappa shape index (κ1) is 10.0. The highest BCUT2D eigenvalue weighted by Crippen LogP contribution is 2.50. The van der Waals surface area contributed by atoms with Crippen molar-refractivity contribution in [3.05, 3.63) is 0 Å². The molecule has 3 heterocycles. The number of rotatable bonds is 0. The molecular formula is C11H18O4. The molecule has 0 aromatic carbocycles. The quantitative estimate of drug-likeness (QED) is 0.579. The summed E-state index contributed by atoms with van der Waals surface area (Å²) in [4.78, 5) is 10.8. The lowest BCUT2D eigenvalue weighted by molar-refractivity contribution is -0.426. The maximum atomic E-state index is 5.80. The van der Waals surface area contributed by atoms with Gasteiger partial charge in [0.1, 0.15) is 0 Å². The van der Waals surface area contributed by atoms with Crippen molar-refractivity contribution in [2.45, 2.75) is 69.7 Å². The summed E-state index contributed by atoms with van der Waals surface area (Å²) >= 11 is 0. The standard InChI is InChI=1S/C11H18O4/c1-8-3-5-10(12-8)7-11(15-14-10)6-4-9(2)13-11/h8-9H,3-7H2,1-2H3/t8-,9-,10+,11+/m0/s1. The predicted octanol–water partition coefficient (Wildman–Crippen LogP) is 2.13. The van der Waals surface area contributed by atoms with E-state index >= 15 is 0 Å². The van der Waals surface area contributed by atoms with Gasteiger partial charge in [0.05, 0.1) is 18.6 Å². The minimum atomic E-state index is -0.524. The van der Waals surface area contributed by atoms with Crippen molar-refractivity contribution < 1.29 is 19.2 Å². The van der Waals surface area contributed by atoms with Crippen LogP contribution in [0.1, 0.15) is 46.0 Å². The van der Waals surface area contributed by atoms with Gasteiger partial charge in [-0.15, -0.1) is 0 Å². The van der Waals surface area contributed by atoms with Crippen LogP contribution in [0.2, 0.25) is 0 Å². The van der Waals surface area contributed by atoms with Gasteiger partial charge in [-0.3, -0.25) is 0 Å². The molecule has 2 spiro atoms. The third-order valence-corrected chi connectivity index (χ3v) is 3.58. The zero-order valence-electron chi connectivity index (χ0n) is 9.32. The summed E-state index contributed by atoms with van der Waals surface area (Å²) in [5, 5.41) is 0. The van der Waals surface area contributed by atoms with Gasteiger partial charge >= 0.3 is 0 Å². The fraction of sp³-hybridized carbons (Fsp3) is 1.00. The molecule has 3 saturated heterocycles. The third kappa shape index (κ3) is 1.60. The van der Waals surface area contributed by atoms with Gasteiger partial charge in [0, 0.05) is 12.8 Å². The average molecular weight is 214 g/mol. The molecule has 0 aromatic heterocycles. The Kier molecular flexibility index (Phi) is 2.12. The van der Waals surface area contributed by atoms with Crippen LogP contribution < -0.4 is 0 Å². The smallest absolute Gasteiger partial charge is 0.207 e. The van der Waals surface area contributed by atoms with Gasteiger partial charge in [-0.2, -0.15) is 9.78 Å². The Labute approximate surface area is 89.8 Å². The lowest BCUT2D eigenvalue weighted by Crippen LogP contribution is -2.32. The van der Waals surface area contributed by atoms with E-state index in [1.807, 2.05) is 0 Å². The average Bonchev–Trinajstić information content (AvgIpc) is 2.81. The molecule has 3 rings (SSSR count). The van der Waals surface area contributed by atoms with E-state index in [-0.39, 0.29) is 12.2 Å². The van der Waals surface area contributed by atoms with Crippen molar-refractivity contribution >= 4 is 0 Å². The Morgan fingerprint density at radius 3 is 1.67 bits per heavy atom. The molecule has 3 fully saturated rings. The molecular weight excluding hydrogens is 196 g/mol. The van der Waals surface area contributed by atoms with Gasteiger partial charge in [0.25, 0.3) is 0 Å². The fourth-order valence-corrected chi connectivity index (χ4v) is 2.82. The van der Waals surface area contributed by atoms with Crippen molar-refractivity contribution in [2.24, 2.45) is 0 Å². The van der Waals surface area contributed by atoms with Crippen molar-refractivity contribution in [3.63, 3.8) is 0 Å². The van der Waals surface area contributed by atoms with Gasteiger partial charge in [-0.25, -0.2) is 0 Å². The highest BCUT2D eigenvalue weighted by atomic mass is 17.3. The lowest BCUT2D eigenvalue weighted by atomic mass is 10.0. The van der Waals surface area contributed by atoms with E-state index in [0.717, 1.165) is 25.7 Å². The lowest BCUT2D eigenvalue weighted by Gasteiger charge is -2.21. The van der Waals surface area contributed by atoms with Gasteiger partial charge in [0.2, 0.25) is 11.6 Å². The summed E-state index contributed by atoms with van der Waals surface area (Å²) in [6, 6.07) is 0. The van der Waals surface area contributed by atoms with Gasteiger partial charge in [0.15, 0.2) is 0 Å². The molecule has 4 atom stereocenters. The molecule has 3 aliphatic rings. The molecule has 86 valence electrons. The molecule has 0 saturated carbocycles. The van der Waals surface area contributed by atoms with Crippen molar-refractivity contribution in [1.82, 2.24) is 0 Å². The SMILES string of the molecule is C[C@H]1CC[C@@]2(C[C@@]3(CC[C@H](C)O3)OO2)O1. The van der Waals surface area contributed by atoms with Gasteiger partial charge in [-0.05, 0) is 26.7 Å². The van der Waals surface area contributed by atoms with Crippen LogP contribution in [-0.2, 0) is 19.2 Å². The van der Waals surface area contributed by atoms with Crippen LogP contribution in [-0.4, -0.2) is 23.8 Å². The van der Waals surface area contributed by atoms with E-state index < -0.39 is 11.6 Å². The monoisotopic (exact) mass is 214 g/mol. The minimum absolute atomic E-state index is 0.266. The second-order valence-electron chi connectivity index (χ2n) is 5.10. The summed E-state index contributed by atoms with van der Waals surface area (Å²) in [5.74, 6) is -1.05. The van der Waals surface area contributed by atoms with Crippen LogP contribution in [0.25, 0.3) is 0 Å². The van der Waals surface area contributed by atoms with Gasteiger partial charge < -0.3 is 9.47 Å². The largest absolute Gasteiger partial charge is 0.344 e. The molecule has 0 N–H and O–H groups in total. The summed E-state index contributed by atoms with van der Waals surface area (Å²) < 4.78 is 11.6. The van der Waals surface area contributed by atoms with E-state index in [1.54, 1.807) is 0 Å². The zero-order valence-corrected chi connectivity index (χ0v) is 9.32. The van der Waals surface area contributed by atoms with E-state index in [4.69, 9.17) is 19.2 Å². The maximum absolute atomic E-state index is 5.80. The summed E-state index contributed by atoms with van der Waals surface area (Å²) in [6.45, 7) is 4.14. The normalized spacial score (nSPS) is 54.8. The molecule has 0 unspecified atom stereocenters. The summed E-state index contributed by atoms with van der Waals surface area (Å²) in [5.41, 5.74) is 0. The van der Waals surface area contributed by atoms with E-state index in [1.165, 1.54) is 0 Å². The summed E-state index contributed by atoms with van der Waals surface area (Å²) in [6.07, 6.45) is 5.14. The maximum Gasteiger partial charge on any atom is 0.207 e. The summed E-state index contributed by atoms with van der Waals surface area (Å²) in [7, 11) is 0. The Balaban J connectivity index is 1.73. The van der Waals surface area contributed by atoms with Crippen molar-refractivity contribution in [2.75, 3.05) is 0 Å². The van der Waals surface area contributed by atoms with Gasteiger partial charge in [-0.1, -0.05) is 0 Å². The second kappa shape index (κ2) is 3.17. The van der Waals surface area contributed by atoms with Crippen LogP contribution in [0.3, 0.4) is 0 Å². The first-order valence-electron chi connectivity index (χ1n) is 5.84. The Morgan fingerprint density at radius 1 is 0.867 bits per heavy atom. The minimum Gasteiger partial charge on any atom is -0.344 e. The topological polar surface area (TPSA) is 36.9 Å². The van der Waals surface area contributed by atoms with E-state index in [2.05, 4.69) is 13.8 Å². The molecule has 0 bridgehead atoms. The first-order chi connectivity index (χ1) is 7.12. The Morgan fingerprint density at radius 2 is 1.33 bits per heavy atom. The molecule has 4 heteroatoms. The van der Waals surface area contributed by atoms with Crippen LogP contribution in [0.15, 0.2) is 0 Å². The Bertz CT molecular complexity index is 243. The van der Waals surface area contributed by atoms with Crippen molar-refractivity contribution in [3.8, 4) is 0 Å². The molecule has 15 heavy (non-hydrogen) atoms. The first-order valence-corrected chi connectivity index (χ1v) is 5.84. The third-order valence-electron chi connectivity index (χ3n) is 3.58.